The number of phenolic OH excluding ortho intramolecular Hbond substituents is 1. The lowest BCUT2D eigenvalue weighted by molar-refractivity contribution is -0.133. The van der Waals surface area contributed by atoms with Gasteiger partial charge in [-0.15, -0.1) is 11.3 Å². The van der Waals surface area contributed by atoms with Gasteiger partial charge in [0.25, 0.3) is 0 Å². The number of aromatic hydroxyl groups is 1. The van der Waals surface area contributed by atoms with Crippen molar-refractivity contribution < 1.29 is 14.7 Å². The molecule has 5 rings (SSSR count). The van der Waals surface area contributed by atoms with Crippen molar-refractivity contribution in [2.45, 2.75) is 25.2 Å². The lowest BCUT2D eigenvalue weighted by Gasteiger charge is -2.32. The number of carbonyl (C=O) groups excluding carboxylic acids is 2. The molecule has 0 aliphatic carbocycles. The number of fused-ring (bicyclic) bond motifs is 1. The Hall–Kier alpha value is -2.68. The molecule has 1 atom stereocenters. The summed E-state index contributed by atoms with van der Waals surface area (Å²) in [5.74, 6) is 0.261. The van der Waals surface area contributed by atoms with Crippen molar-refractivity contribution in [2.24, 2.45) is 5.92 Å². The molecule has 1 aromatic heterocycles. The molecule has 2 amide bonds. The van der Waals surface area contributed by atoms with Crippen molar-refractivity contribution in [2.75, 3.05) is 38.0 Å². The van der Waals surface area contributed by atoms with Crippen LogP contribution in [-0.4, -0.2) is 64.4 Å². The number of piperidine rings is 1. The smallest absolute Gasteiger partial charge is 0.236 e. The second kappa shape index (κ2) is 9.90. The van der Waals surface area contributed by atoms with Gasteiger partial charge in [0.2, 0.25) is 11.8 Å². The molecule has 2 aliphatic rings. The van der Waals surface area contributed by atoms with Crippen molar-refractivity contribution in [3.8, 4) is 5.75 Å². The summed E-state index contributed by atoms with van der Waals surface area (Å²) in [6.45, 7) is 3.13. The molecule has 3 heterocycles. The number of benzene rings is 2. The number of rotatable bonds is 5. The number of hydrogen-bond donors (Lipinski definition) is 2. The fourth-order valence-corrected chi connectivity index (χ4v) is 6.07. The van der Waals surface area contributed by atoms with Gasteiger partial charge in [0.05, 0.1) is 32.7 Å². The summed E-state index contributed by atoms with van der Waals surface area (Å²) >= 11 is 7.68. The minimum atomic E-state index is -0.176. The number of halogens is 1. The monoisotopic (exact) mass is 498 g/mol. The third-order valence-corrected chi connectivity index (χ3v) is 8.23. The van der Waals surface area contributed by atoms with Crippen LogP contribution in [-0.2, 0) is 9.59 Å². The Balaban J connectivity index is 1.09. The molecule has 34 heavy (non-hydrogen) atoms. The Labute approximate surface area is 207 Å². The summed E-state index contributed by atoms with van der Waals surface area (Å²) in [4.78, 5) is 34.4. The van der Waals surface area contributed by atoms with Crippen molar-refractivity contribution >= 4 is 50.7 Å². The Morgan fingerprint density at radius 2 is 1.91 bits per heavy atom. The molecule has 2 aromatic carbocycles. The van der Waals surface area contributed by atoms with Gasteiger partial charge in [0.1, 0.15) is 5.75 Å². The molecule has 7 nitrogen and oxygen atoms in total. The number of anilines is 1. The van der Waals surface area contributed by atoms with Gasteiger partial charge >= 0.3 is 0 Å². The average molecular weight is 499 g/mol. The van der Waals surface area contributed by atoms with Crippen molar-refractivity contribution in [1.29, 1.82) is 0 Å². The van der Waals surface area contributed by atoms with Gasteiger partial charge in [-0.25, -0.2) is 4.98 Å². The van der Waals surface area contributed by atoms with Gasteiger partial charge in [-0.1, -0.05) is 23.7 Å². The molecule has 178 valence electrons. The number of hydrogen-bond acceptors (Lipinski definition) is 6. The highest BCUT2D eigenvalue weighted by atomic mass is 35.5. The first-order valence-corrected chi connectivity index (χ1v) is 12.8. The normalized spacial score (nSPS) is 19.6. The first kappa shape index (κ1) is 23.1. The van der Waals surface area contributed by atoms with E-state index in [0.29, 0.717) is 31.1 Å². The molecule has 0 bridgehead atoms. The molecule has 3 aromatic rings. The van der Waals surface area contributed by atoms with E-state index in [-0.39, 0.29) is 28.5 Å². The van der Waals surface area contributed by atoms with Crippen LogP contribution in [0.5, 0.6) is 5.75 Å². The molecule has 0 spiro atoms. The highest BCUT2D eigenvalue weighted by Gasteiger charge is 2.32. The van der Waals surface area contributed by atoms with Crippen LogP contribution in [0, 0.1) is 5.92 Å². The molecule has 2 aliphatic heterocycles. The Morgan fingerprint density at radius 1 is 1.12 bits per heavy atom. The predicted octanol–water partition coefficient (Wildman–Crippen LogP) is 4.32. The zero-order valence-corrected chi connectivity index (χ0v) is 20.3. The van der Waals surface area contributed by atoms with E-state index in [1.54, 1.807) is 17.4 Å². The molecule has 0 unspecified atom stereocenters. The van der Waals surface area contributed by atoms with Gasteiger partial charge in [0.15, 0.2) is 0 Å². The van der Waals surface area contributed by atoms with Crippen molar-refractivity contribution in [1.82, 2.24) is 14.8 Å². The first-order valence-electron chi connectivity index (χ1n) is 11.6. The lowest BCUT2D eigenvalue weighted by Crippen LogP contribution is -2.43. The molecule has 0 saturated carbocycles. The zero-order chi connectivity index (χ0) is 23.7. The van der Waals surface area contributed by atoms with E-state index in [1.807, 2.05) is 17.0 Å². The molecule has 0 radical (unpaired) electrons. The minimum absolute atomic E-state index is 0.0191. The molecular weight excluding hydrogens is 472 g/mol. The Kier molecular flexibility index (Phi) is 6.72. The van der Waals surface area contributed by atoms with E-state index in [0.717, 1.165) is 38.0 Å². The van der Waals surface area contributed by atoms with E-state index in [9.17, 15) is 14.7 Å². The topological polar surface area (TPSA) is 85.8 Å². The highest BCUT2D eigenvalue weighted by Crippen LogP contribution is 2.34. The third kappa shape index (κ3) is 5.04. The molecular formula is C25H27ClN4O3S. The maximum absolute atomic E-state index is 12.9. The van der Waals surface area contributed by atoms with Crippen LogP contribution < -0.4 is 5.32 Å². The van der Waals surface area contributed by atoms with E-state index in [1.165, 1.54) is 21.8 Å². The van der Waals surface area contributed by atoms with Crippen LogP contribution in [0.2, 0.25) is 5.02 Å². The van der Waals surface area contributed by atoms with Gasteiger partial charge in [-0.2, -0.15) is 0 Å². The maximum Gasteiger partial charge on any atom is 0.236 e. The lowest BCUT2D eigenvalue weighted by atomic mass is 9.97. The van der Waals surface area contributed by atoms with Crippen LogP contribution in [0.3, 0.4) is 0 Å². The highest BCUT2D eigenvalue weighted by molar-refractivity contribution is 7.18. The first-order chi connectivity index (χ1) is 16.5. The molecule has 2 fully saturated rings. The van der Waals surface area contributed by atoms with Crippen LogP contribution in [0.25, 0.3) is 10.2 Å². The Morgan fingerprint density at radius 3 is 2.68 bits per heavy atom. The summed E-state index contributed by atoms with van der Waals surface area (Å²) in [5.41, 5.74) is 1.61. The third-order valence-electron chi connectivity index (χ3n) is 6.72. The fourth-order valence-electron chi connectivity index (χ4n) is 4.75. The van der Waals surface area contributed by atoms with Gasteiger partial charge in [-0.3, -0.25) is 14.5 Å². The van der Waals surface area contributed by atoms with Gasteiger partial charge in [0, 0.05) is 31.2 Å². The maximum atomic E-state index is 12.9. The van der Waals surface area contributed by atoms with Crippen LogP contribution in [0.15, 0.2) is 42.5 Å². The van der Waals surface area contributed by atoms with E-state index in [2.05, 4.69) is 22.3 Å². The standard InChI is InChI=1S/C25H27ClN4O3S/c26-19-13-18(5-6-21(19)31)27-24(33)17-7-10-29(14-17)15-23(32)30-11-8-16(9-12-30)25-28-20-3-1-2-4-22(20)34-25/h1-6,13,16-17,31H,7-12,14-15H2,(H,27,33)/t17-/m1/s1. The number of para-hydroxylation sites is 1. The average Bonchev–Trinajstić information content (AvgIpc) is 3.49. The molecule has 2 saturated heterocycles. The van der Waals surface area contributed by atoms with E-state index >= 15 is 0 Å². The van der Waals surface area contributed by atoms with Crippen LogP contribution in [0.4, 0.5) is 5.69 Å². The van der Waals surface area contributed by atoms with Crippen molar-refractivity contribution in [3.05, 3.63) is 52.5 Å². The number of nitrogens with one attached hydrogen (secondary N) is 1. The van der Waals surface area contributed by atoms with Crippen molar-refractivity contribution in [3.63, 3.8) is 0 Å². The summed E-state index contributed by atoms with van der Waals surface area (Å²) in [6.07, 6.45) is 2.59. The number of nitrogens with zero attached hydrogens (tertiary/aromatic N) is 3. The predicted molar refractivity (Wildman–Crippen MR) is 134 cm³/mol. The summed E-state index contributed by atoms with van der Waals surface area (Å²) < 4.78 is 1.22. The summed E-state index contributed by atoms with van der Waals surface area (Å²) in [7, 11) is 0. The minimum Gasteiger partial charge on any atom is -0.506 e. The number of likely N-dealkylation sites (tertiary alicyclic amines) is 2. The second-order valence-corrected chi connectivity index (χ2v) is 10.5. The quantitative estimate of drug-likeness (QED) is 0.512. The number of thiazole rings is 1. The van der Waals surface area contributed by atoms with Gasteiger partial charge < -0.3 is 15.3 Å². The van der Waals surface area contributed by atoms with Crippen LogP contribution >= 0.6 is 22.9 Å². The van der Waals surface area contributed by atoms with Gasteiger partial charge in [-0.05, 0) is 56.1 Å². The molecule has 9 heteroatoms. The molecule has 2 N–H and O–H groups in total. The zero-order valence-electron chi connectivity index (χ0n) is 18.7. The number of amides is 2. The summed E-state index contributed by atoms with van der Waals surface area (Å²) in [5, 5.41) is 13.8. The van der Waals surface area contributed by atoms with E-state index in [4.69, 9.17) is 16.6 Å². The SMILES string of the molecule is O=C(Nc1ccc(O)c(Cl)c1)[C@@H]1CCN(CC(=O)N2CCC(c3nc4ccccc4s3)CC2)C1. The number of aromatic nitrogens is 1. The largest absolute Gasteiger partial charge is 0.506 e. The number of carbonyl (C=O) groups is 2. The van der Waals surface area contributed by atoms with Crippen LogP contribution in [0.1, 0.15) is 30.2 Å². The number of phenols is 1. The van der Waals surface area contributed by atoms with E-state index < -0.39 is 0 Å². The summed E-state index contributed by atoms with van der Waals surface area (Å²) in [6, 6.07) is 12.8. The Bertz CT molecular complexity index is 1170. The second-order valence-electron chi connectivity index (χ2n) is 9.05. The fraction of sp³-hybridized carbons (Fsp3) is 0.400.